The summed E-state index contributed by atoms with van der Waals surface area (Å²) in [6.07, 6.45) is -1.71. The zero-order chi connectivity index (χ0) is 24.5. The van der Waals surface area contributed by atoms with Crippen molar-refractivity contribution >= 4 is 12.0 Å². The third-order valence-electron chi connectivity index (χ3n) is 6.13. The molecule has 0 radical (unpaired) electrons. The number of nitrogens with zero attached hydrogens (tertiary/aromatic N) is 1. The van der Waals surface area contributed by atoms with E-state index in [2.05, 4.69) is 5.32 Å². The van der Waals surface area contributed by atoms with Crippen molar-refractivity contribution < 1.29 is 28.6 Å². The van der Waals surface area contributed by atoms with Crippen LogP contribution in [0.3, 0.4) is 0 Å². The van der Waals surface area contributed by atoms with Gasteiger partial charge in [-0.05, 0) is 56.0 Å². The lowest BCUT2D eigenvalue weighted by molar-refractivity contribution is -0.155. The van der Waals surface area contributed by atoms with Crippen LogP contribution in [0.4, 0.5) is 9.18 Å². The number of fused-ring (bicyclic) bond motifs is 1. The molecule has 8 heteroatoms. The van der Waals surface area contributed by atoms with Gasteiger partial charge in [0.15, 0.2) is 0 Å². The van der Waals surface area contributed by atoms with E-state index in [1.807, 2.05) is 24.3 Å². The molecule has 182 valence electrons. The molecule has 0 bridgehead atoms. The summed E-state index contributed by atoms with van der Waals surface area (Å²) in [5.74, 6) is -0.577. The van der Waals surface area contributed by atoms with Crippen LogP contribution in [0.1, 0.15) is 49.9 Å². The standard InChI is InChI=1S/C26H31FN2O5/c1-26(2,3)34-25(32)28-20-15-33-22(14-21(20)30)24(31)29-13-12-16-6-4-5-7-19(16)23(29)17-8-10-18(27)11-9-17/h4-11,20-23,30H,12-15H2,1-3H3,(H,28,32)/t20-,21+,22+,23+/m1/s1. The molecule has 0 spiro atoms. The number of amides is 2. The molecule has 2 aromatic carbocycles. The number of hydrogen-bond acceptors (Lipinski definition) is 5. The Kier molecular flexibility index (Phi) is 6.91. The molecule has 2 amide bonds. The first-order valence-electron chi connectivity index (χ1n) is 11.6. The number of hydrogen-bond donors (Lipinski definition) is 2. The minimum Gasteiger partial charge on any atom is -0.444 e. The molecule has 7 nitrogen and oxygen atoms in total. The zero-order valence-electron chi connectivity index (χ0n) is 19.7. The number of benzene rings is 2. The maximum Gasteiger partial charge on any atom is 0.408 e. The summed E-state index contributed by atoms with van der Waals surface area (Å²) in [5, 5.41) is 13.3. The third-order valence-corrected chi connectivity index (χ3v) is 6.13. The van der Waals surface area contributed by atoms with Crippen LogP contribution >= 0.6 is 0 Å². The monoisotopic (exact) mass is 470 g/mol. The first-order chi connectivity index (χ1) is 16.1. The van der Waals surface area contributed by atoms with Crippen molar-refractivity contribution in [1.82, 2.24) is 10.2 Å². The number of nitrogens with one attached hydrogen (secondary N) is 1. The topological polar surface area (TPSA) is 88.1 Å². The van der Waals surface area contributed by atoms with Crippen molar-refractivity contribution in [3.8, 4) is 0 Å². The van der Waals surface area contributed by atoms with Gasteiger partial charge in [-0.25, -0.2) is 9.18 Å². The normalized spacial score (nSPS) is 24.8. The number of alkyl carbamates (subject to hydrolysis) is 1. The van der Waals surface area contributed by atoms with Crippen LogP contribution in [-0.2, 0) is 20.7 Å². The van der Waals surface area contributed by atoms with Gasteiger partial charge in [-0.15, -0.1) is 0 Å². The summed E-state index contributed by atoms with van der Waals surface area (Å²) in [6, 6.07) is 13.0. The molecule has 1 saturated heterocycles. The Hall–Kier alpha value is -2.97. The molecule has 0 aliphatic carbocycles. The number of aliphatic hydroxyl groups is 1. The first kappa shape index (κ1) is 24.2. The van der Waals surface area contributed by atoms with Gasteiger partial charge in [0.1, 0.15) is 17.5 Å². The maximum atomic E-state index is 13.6. The Bertz CT molecular complexity index is 1040. The van der Waals surface area contributed by atoms with Gasteiger partial charge in [-0.2, -0.15) is 0 Å². The van der Waals surface area contributed by atoms with Gasteiger partial charge in [0, 0.05) is 13.0 Å². The molecular weight excluding hydrogens is 439 g/mol. The predicted molar refractivity (Wildman–Crippen MR) is 124 cm³/mol. The van der Waals surface area contributed by atoms with Gasteiger partial charge >= 0.3 is 6.09 Å². The summed E-state index contributed by atoms with van der Waals surface area (Å²) in [6.45, 7) is 5.73. The Labute approximate surface area is 198 Å². The molecule has 2 heterocycles. The molecular formula is C26H31FN2O5. The quantitative estimate of drug-likeness (QED) is 0.719. The Morgan fingerprint density at radius 2 is 1.85 bits per heavy atom. The SMILES string of the molecule is CC(C)(C)OC(=O)N[C@@H]1CO[C@H](C(=O)N2CCc3ccccc3[C@@H]2c2ccc(F)cc2)C[C@@H]1O. The fourth-order valence-electron chi connectivity index (χ4n) is 4.54. The van der Waals surface area contributed by atoms with Gasteiger partial charge in [0.25, 0.3) is 5.91 Å². The predicted octanol–water partition coefficient (Wildman–Crippen LogP) is 3.34. The Balaban J connectivity index is 1.50. The summed E-state index contributed by atoms with van der Waals surface area (Å²) in [4.78, 5) is 27.4. The van der Waals surface area contributed by atoms with Crippen molar-refractivity contribution in [1.29, 1.82) is 0 Å². The van der Waals surface area contributed by atoms with Crippen LogP contribution in [0, 0.1) is 5.82 Å². The van der Waals surface area contributed by atoms with E-state index in [0.29, 0.717) is 13.0 Å². The van der Waals surface area contributed by atoms with Gasteiger partial charge in [0.2, 0.25) is 0 Å². The third kappa shape index (κ3) is 5.39. The number of aliphatic hydroxyl groups excluding tert-OH is 1. The molecule has 0 saturated carbocycles. The number of ether oxygens (including phenoxy) is 2. The lowest BCUT2D eigenvalue weighted by Crippen LogP contribution is -2.56. The molecule has 2 N–H and O–H groups in total. The van der Waals surface area contributed by atoms with E-state index in [1.54, 1.807) is 37.8 Å². The summed E-state index contributed by atoms with van der Waals surface area (Å²) in [7, 11) is 0. The highest BCUT2D eigenvalue weighted by molar-refractivity contribution is 5.82. The zero-order valence-corrected chi connectivity index (χ0v) is 19.7. The van der Waals surface area contributed by atoms with Gasteiger partial charge in [-0.1, -0.05) is 36.4 Å². The van der Waals surface area contributed by atoms with Crippen molar-refractivity contribution in [3.63, 3.8) is 0 Å². The second-order valence-corrected chi connectivity index (χ2v) is 9.81. The molecule has 2 aliphatic rings. The van der Waals surface area contributed by atoms with Crippen molar-refractivity contribution in [2.45, 2.75) is 63.5 Å². The van der Waals surface area contributed by atoms with Crippen LogP contribution in [0.15, 0.2) is 48.5 Å². The Morgan fingerprint density at radius 1 is 1.15 bits per heavy atom. The highest BCUT2D eigenvalue weighted by Gasteiger charge is 2.40. The second kappa shape index (κ2) is 9.72. The van der Waals surface area contributed by atoms with E-state index in [4.69, 9.17) is 9.47 Å². The van der Waals surface area contributed by atoms with Crippen molar-refractivity contribution in [3.05, 3.63) is 71.0 Å². The molecule has 0 aromatic heterocycles. The van der Waals surface area contributed by atoms with Crippen LogP contribution < -0.4 is 5.32 Å². The van der Waals surface area contributed by atoms with Crippen molar-refractivity contribution in [2.24, 2.45) is 0 Å². The van der Waals surface area contributed by atoms with Crippen LogP contribution in [0.5, 0.6) is 0 Å². The largest absolute Gasteiger partial charge is 0.444 e. The minimum atomic E-state index is -0.962. The van der Waals surface area contributed by atoms with E-state index >= 15 is 0 Å². The number of carbonyl (C=O) groups excluding carboxylic acids is 2. The van der Waals surface area contributed by atoms with Crippen LogP contribution in [-0.4, -0.2) is 59.0 Å². The molecule has 4 rings (SSSR count). The molecule has 2 aromatic rings. The van der Waals surface area contributed by atoms with Crippen LogP contribution in [0.2, 0.25) is 0 Å². The van der Waals surface area contributed by atoms with Crippen LogP contribution in [0.25, 0.3) is 0 Å². The highest BCUT2D eigenvalue weighted by Crippen LogP contribution is 2.36. The summed E-state index contributed by atoms with van der Waals surface area (Å²) >= 11 is 0. The first-order valence-corrected chi connectivity index (χ1v) is 11.6. The van der Waals surface area contributed by atoms with E-state index in [-0.39, 0.29) is 30.8 Å². The lowest BCUT2D eigenvalue weighted by atomic mass is 9.87. The summed E-state index contributed by atoms with van der Waals surface area (Å²) in [5.41, 5.74) is 2.28. The Morgan fingerprint density at radius 3 is 2.53 bits per heavy atom. The average Bonchev–Trinajstić information content (AvgIpc) is 2.78. The minimum absolute atomic E-state index is 0.0115. The molecule has 2 aliphatic heterocycles. The second-order valence-electron chi connectivity index (χ2n) is 9.81. The average molecular weight is 471 g/mol. The molecule has 1 fully saturated rings. The van der Waals surface area contributed by atoms with Gasteiger partial charge in [-0.3, -0.25) is 4.79 Å². The molecule has 0 unspecified atom stereocenters. The van der Waals surface area contributed by atoms with E-state index in [0.717, 1.165) is 16.7 Å². The lowest BCUT2D eigenvalue weighted by Gasteiger charge is -2.41. The highest BCUT2D eigenvalue weighted by atomic mass is 19.1. The number of rotatable bonds is 3. The van der Waals surface area contributed by atoms with E-state index < -0.39 is 29.9 Å². The number of carbonyl (C=O) groups is 2. The van der Waals surface area contributed by atoms with Gasteiger partial charge < -0.3 is 24.8 Å². The maximum absolute atomic E-state index is 13.6. The van der Waals surface area contributed by atoms with Crippen molar-refractivity contribution in [2.75, 3.05) is 13.2 Å². The van der Waals surface area contributed by atoms with E-state index in [1.165, 1.54) is 12.1 Å². The molecule has 4 atom stereocenters. The fraction of sp³-hybridized carbons (Fsp3) is 0.462. The van der Waals surface area contributed by atoms with Gasteiger partial charge in [0.05, 0.1) is 24.8 Å². The smallest absolute Gasteiger partial charge is 0.408 e. The number of halogens is 1. The van der Waals surface area contributed by atoms with E-state index in [9.17, 15) is 19.1 Å². The summed E-state index contributed by atoms with van der Waals surface area (Å²) < 4.78 is 24.7. The fourth-order valence-corrected chi connectivity index (χ4v) is 4.54. The molecule has 34 heavy (non-hydrogen) atoms.